The number of nitriles is 1. The van der Waals surface area contributed by atoms with Gasteiger partial charge in [0.15, 0.2) is 6.19 Å². The lowest BCUT2D eigenvalue weighted by atomic mass is 10.5. The van der Waals surface area contributed by atoms with Crippen LogP contribution in [0.1, 0.15) is 13.3 Å². The van der Waals surface area contributed by atoms with Gasteiger partial charge in [-0.25, -0.2) is 9.91 Å². The first kappa shape index (κ1) is 7.79. The van der Waals surface area contributed by atoms with Crippen molar-refractivity contribution in [3.05, 3.63) is 0 Å². The second kappa shape index (κ2) is 3.19. The second-order valence-corrected chi connectivity index (χ2v) is 2.21. The number of hydrogen-bond donors (Lipinski definition) is 0. The minimum Gasteiger partial charge on any atom is -0.244 e. The van der Waals surface area contributed by atoms with E-state index < -0.39 is 6.42 Å². The summed E-state index contributed by atoms with van der Waals surface area (Å²) in [5.74, 6) is 0. The van der Waals surface area contributed by atoms with Crippen LogP contribution in [-0.4, -0.2) is 29.2 Å². The molecule has 60 valence electrons. The number of hydrogen-bond acceptors (Lipinski definition) is 4. The zero-order chi connectivity index (χ0) is 8.27. The van der Waals surface area contributed by atoms with Crippen LogP contribution < -0.4 is 0 Å². The predicted molar refractivity (Wildman–Crippen MR) is 37.8 cm³/mol. The largest absolute Gasteiger partial charge is 0.277 e. The van der Waals surface area contributed by atoms with Crippen LogP contribution in [0, 0.1) is 11.5 Å². The van der Waals surface area contributed by atoms with Gasteiger partial charge in [0.1, 0.15) is 6.34 Å². The molecule has 1 atom stereocenters. The quantitative estimate of drug-likeness (QED) is 0.436. The molecule has 0 aromatic rings. The summed E-state index contributed by atoms with van der Waals surface area (Å²) in [4.78, 5) is 0.871. The molecule has 0 saturated carbocycles. The van der Waals surface area contributed by atoms with Gasteiger partial charge in [0.05, 0.1) is 0 Å². The molecule has 0 fully saturated rings. The van der Waals surface area contributed by atoms with E-state index in [0.29, 0.717) is 6.54 Å². The third kappa shape index (κ3) is 1.40. The molecule has 11 heavy (non-hydrogen) atoms. The standard InChI is InChI=1S/C6H9FN4/c1-2-3-11-6(7)10(4-8)5-9-11/h5-6H,2-3H2,1H3. The van der Waals surface area contributed by atoms with Gasteiger partial charge in [-0.3, -0.25) is 0 Å². The number of halogens is 1. The van der Waals surface area contributed by atoms with Gasteiger partial charge in [-0.15, -0.1) is 0 Å². The Bertz CT molecular complexity index is 197. The molecule has 0 aromatic heterocycles. The average molecular weight is 156 g/mol. The molecular weight excluding hydrogens is 147 g/mol. The molecule has 1 rings (SSSR count). The third-order valence-corrected chi connectivity index (χ3v) is 1.37. The molecule has 0 aliphatic carbocycles. The second-order valence-electron chi connectivity index (χ2n) is 2.21. The van der Waals surface area contributed by atoms with E-state index >= 15 is 0 Å². The number of alkyl halides is 1. The lowest BCUT2D eigenvalue weighted by molar-refractivity contribution is 0.0402. The number of rotatable bonds is 2. The van der Waals surface area contributed by atoms with E-state index in [1.54, 1.807) is 6.19 Å². The van der Waals surface area contributed by atoms with Crippen LogP contribution in [0.4, 0.5) is 4.39 Å². The molecule has 5 heteroatoms. The predicted octanol–water partition coefficient (Wildman–Crippen LogP) is 0.691. The zero-order valence-corrected chi connectivity index (χ0v) is 6.24. The first-order valence-corrected chi connectivity index (χ1v) is 3.42. The average Bonchev–Trinajstić information content (AvgIpc) is 2.34. The molecule has 1 aliphatic heterocycles. The summed E-state index contributed by atoms with van der Waals surface area (Å²) in [7, 11) is 0. The molecule has 0 bridgehead atoms. The van der Waals surface area contributed by atoms with Crippen molar-refractivity contribution in [3.63, 3.8) is 0 Å². The normalized spacial score (nSPS) is 22.5. The summed E-state index contributed by atoms with van der Waals surface area (Å²) < 4.78 is 12.9. The molecule has 4 nitrogen and oxygen atoms in total. The van der Waals surface area contributed by atoms with Gasteiger partial charge in [0, 0.05) is 6.54 Å². The van der Waals surface area contributed by atoms with Crippen LogP contribution in [0.3, 0.4) is 0 Å². The number of hydrazone groups is 1. The monoisotopic (exact) mass is 156 g/mol. The highest BCUT2D eigenvalue weighted by atomic mass is 19.1. The van der Waals surface area contributed by atoms with E-state index in [-0.39, 0.29) is 0 Å². The van der Waals surface area contributed by atoms with Crippen molar-refractivity contribution in [1.82, 2.24) is 9.91 Å². The highest BCUT2D eigenvalue weighted by Gasteiger charge is 2.26. The lowest BCUT2D eigenvalue weighted by Crippen LogP contribution is -2.33. The van der Waals surface area contributed by atoms with E-state index in [2.05, 4.69) is 5.10 Å². The fourth-order valence-electron chi connectivity index (χ4n) is 0.842. The summed E-state index contributed by atoms with van der Waals surface area (Å²) in [5.41, 5.74) is 0. The molecule has 1 heterocycles. The van der Waals surface area contributed by atoms with Crippen molar-refractivity contribution in [2.45, 2.75) is 19.8 Å². The fourth-order valence-corrected chi connectivity index (χ4v) is 0.842. The van der Waals surface area contributed by atoms with Crippen LogP contribution in [0.2, 0.25) is 0 Å². The van der Waals surface area contributed by atoms with Gasteiger partial charge in [-0.1, -0.05) is 6.92 Å². The maximum absolute atomic E-state index is 12.9. The van der Waals surface area contributed by atoms with Gasteiger partial charge in [0.2, 0.25) is 0 Å². The molecule has 0 amide bonds. The highest BCUT2D eigenvalue weighted by Crippen LogP contribution is 2.12. The van der Waals surface area contributed by atoms with Crippen LogP contribution in [0.25, 0.3) is 0 Å². The van der Waals surface area contributed by atoms with E-state index in [1.165, 1.54) is 11.3 Å². The maximum atomic E-state index is 12.9. The molecule has 0 aromatic carbocycles. The van der Waals surface area contributed by atoms with E-state index in [0.717, 1.165) is 11.3 Å². The Morgan fingerprint density at radius 3 is 3.00 bits per heavy atom. The maximum Gasteiger partial charge on any atom is 0.277 e. The number of nitrogens with zero attached hydrogens (tertiary/aromatic N) is 4. The van der Waals surface area contributed by atoms with Crippen molar-refractivity contribution >= 4 is 6.34 Å². The first-order chi connectivity index (χ1) is 5.29. The Kier molecular flexibility index (Phi) is 2.26. The van der Waals surface area contributed by atoms with Crippen LogP contribution in [-0.2, 0) is 0 Å². The van der Waals surface area contributed by atoms with Crippen molar-refractivity contribution < 1.29 is 4.39 Å². The summed E-state index contributed by atoms with van der Waals surface area (Å²) in [6.45, 7) is 2.47. The van der Waals surface area contributed by atoms with Crippen LogP contribution in [0.15, 0.2) is 5.10 Å². The summed E-state index contributed by atoms with van der Waals surface area (Å²) in [6, 6.07) is 0. The molecule has 0 spiro atoms. The van der Waals surface area contributed by atoms with Crippen molar-refractivity contribution in [1.29, 1.82) is 5.26 Å². The van der Waals surface area contributed by atoms with Crippen molar-refractivity contribution in [2.24, 2.45) is 5.10 Å². The molecule has 1 aliphatic rings. The van der Waals surface area contributed by atoms with Crippen LogP contribution >= 0.6 is 0 Å². The Morgan fingerprint density at radius 1 is 1.82 bits per heavy atom. The smallest absolute Gasteiger partial charge is 0.244 e. The minimum atomic E-state index is -1.40. The van der Waals surface area contributed by atoms with E-state index in [1.807, 2.05) is 6.92 Å². The molecule has 0 N–H and O–H groups in total. The van der Waals surface area contributed by atoms with Gasteiger partial charge in [-0.05, 0) is 6.42 Å². The zero-order valence-electron chi connectivity index (χ0n) is 6.24. The van der Waals surface area contributed by atoms with Crippen molar-refractivity contribution in [2.75, 3.05) is 6.54 Å². The van der Waals surface area contributed by atoms with E-state index in [4.69, 9.17) is 5.26 Å². The summed E-state index contributed by atoms with van der Waals surface area (Å²) in [6.07, 6.45) is 2.28. The molecule has 0 saturated heterocycles. The Labute approximate surface area is 64.5 Å². The minimum absolute atomic E-state index is 0.538. The Balaban J connectivity index is 2.51. The van der Waals surface area contributed by atoms with E-state index in [9.17, 15) is 4.39 Å². The molecular formula is C6H9FN4. The van der Waals surface area contributed by atoms with Gasteiger partial charge in [0.25, 0.3) is 6.42 Å². The first-order valence-electron chi connectivity index (χ1n) is 3.42. The third-order valence-electron chi connectivity index (χ3n) is 1.37. The lowest BCUT2D eigenvalue weighted by Gasteiger charge is -2.17. The Morgan fingerprint density at radius 2 is 2.55 bits per heavy atom. The van der Waals surface area contributed by atoms with Crippen molar-refractivity contribution in [3.8, 4) is 6.19 Å². The van der Waals surface area contributed by atoms with Gasteiger partial charge >= 0.3 is 0 Å². The van der Waals surface area contributed by atoms with Crippen LogP contribution in [0.5, 0.6) is 0 Å². The molecule has 1 unspecified atom stereocenters. The fraction of sp³-hybridized carbons (Fsp3) is 0.667. The molecule has 0 radical (unpaired) electrons. The summed E-state index contributed by atoms with van der Waals surface area (Å²) >= 11 is 0. The van der Waals surface area contributed by atoms with Gasteiger partial charge < -0.3 is 0 Å². The Hall–Kier alpha value is -1.31. The SMILES string of the molecule is CCCN1N=CN(C#N)C1F. The van der Waals surface area contributed by atoms with Gasteiger partial charge in [-0.2, -0.15) is 14.8 Å². The summed E-state index contributed by atoms with van der Waals surface area (Å²) in [5, 5.41) is 13.3. The highest BCUT2D eigenvalue weighted by molar-refractivity contribution is 5.58. The topological polar surface area (TPSA) is 42.6 Å².